The predicted molar refractivity (Wildman–Crippen MR) is 95.2 cm³/mol. The molecule has 3 heterocycles. The third-order valence-electron chi connectivity index (χ3n) is 5.68. The molecule has 2 aliphatic rings. The Morgan fingerprint density at radius 2 is 2.15 bits per heavy atom. The van der Waals surface area contributed by atoms with Gasteiger partial charge in [-0.2, -0.15) is 0 Å². The number of nitrogens with zero attached hydrogens (tertiary/aromatic N) is 3. The van der Waals surface area contributed by atoms with Gasteiger partial charge in [0.15, 0.2) is 5.15 Å². The van der Waals surface area contributed by atoms with Crippen LogP contribution in [0, 0.1) is 6.92 Å². The van der Waals surface area contributed by atoms with Gasteiger partial charge in [0.05, 0.1) is 5.69 Å². The van der Waals surface area contributed by atoms with Crippen molar-refractivity contribution in [3.8, 4) is 0 Å². The Bertz CT molecular complexity index is 896. The van der Waals surface area contributed by atoms with Gasteiger partial charge in [0, 0.05) is 43.0 Å². The van der Waals surface area contributed by atoms with E-state index in [0.29, 0.717) is 42.7 Å². The molecule has 1 N–H and O–H groups in total. The Balaban J connectivity index is 1.41. The van der Waals surface area contributed by atoms with Crippen molar-refractivity contribution >= 4 is 17.5 Å². The minimum atomic E-state index is -0.0520. The van der Waals surface area contributed by atoms with Gasteiger partial charge in [-0.15, -0.1) is 0 Å². The molecule has 0 bridgehead atoms. The van der Waals surface area contributed by atoms with Gasteiger partial charge in [0.2, 0.25) is 5.91 Å². The third-order valence-corrected chi connectivity index (χ3v) is 5.86. The molecule has 0 atom stereocenters. The summed E-state index contributed by atoms with van der Waals surface area (Å²) in [6.45, 7) is 3.22. The Kier molecular flexibility index (Phi) is 4.34. The number of carbonyl (C=O) groups is 1. The maximum Gasteiger partial charge on any atom is 0.254 e. The number of hydrogen-bond donors (Lipinski definition) is 1. The summed E-state index contributed by atoms with van der Waals surface area (Å²) < 4.78 is 5.05. The summed E-state index contributed by atoms with van der Waals surface area (Å²) in [7, 11) is 0. The number of hydrogen-bond acceptors (Lipinski definition) is 5. The van der Waals surface area contributed by atoms with Crippen molar-refractivity contribution in [3.05, 3.63) is 44.4 Å². The van der Waals surface area contributed by atoms with Crippen LogP contribution in [-0.2, 0) is 23.1 Å². The first-order chi connectivity index (χ1) is 12.5. The lowest BCUT2D eigenvalue weighted by molar-refractivity contribution is -0.132. The van der Waals surface area contributed by atoms with Crippen LogP contribution < -0.4 is 5.56 Å². The first-order valence-electron chi connectivity index (χ1n) is 8.96. The molecule has 1 aliphatic heterocycles. The van der Waals surface area contributed by atoms with E-state index in [2.05, 4.69) is 15.1 Å². The van der Waals surface area contributed by atoms with E-state index in [-0.39, 0.29) is 16.9 Å². The molecule has 1 spiro atoms. The largest absolute Gasteiger partial charge is 0.360 e. The van der Waals surface area contributed by atoms with Crippen molar-refractivity contribution in [1.82, 2.24) is 20.0 Å². The molecule has 8 heteroatoms. The van der Waals surface area contributed by atoms with Crippen LogP contribution in [0.1, 0.15) is 48.5 Å². The second-order valence-electron chi connectivity index (χ2n) is 7.26. The number of amides is 1. The summed E-state index contributed by atoms with van der Waals surface area (Å²) in [6, 6.07) is 1.64. The number of rotatable bonds is 3. The average molecular weight is 377 g/mol. The summed E-state index contributed by atoms with van der Waals surface area (Å²) in [6.07, 6.45) is 4.31. The molecular formula is C18H21ClN4O3. The highest BCUT2D eigenvalue weighted by atomic mass is 35.5. The van der Waals surface area contributed by atoms with Gasteiger partial charge in [-0.1, -0.05) is 16.8 Å². The van der Waals surface area contributed by atoms with E-state index in [9.17, 15) is 9.59 Å². The number of piperidine rings is 1. The van der Waals surface area contributed by atoms with Crippen molar-refractivity contribution in [2.45, 2.75) is 50.9 Å². The standard InChI is InChI=1S/C18H21ClN4O3/c1-11-20-16-13(17(25)21-11)4-5-18(16)6-8-23(9-7-18)15(24)3-2-12-10-14(19)22-26-12/h10H,2-9H2,1H3,(H,20,21,25). The van der Waals surface area contributed by atoms with Crippen LogP contribution in [0.15, 0.2) is 15.4 Å². The average Bonchev–Trinajstić information content (AvgIpc) is 3.18. The number of aromatic nitrogens is 3. The summed E-state index contributed by atoms with van der Waals surface area (Å²) >= 11 is 5.73. The van der Waals surface area contributed by atoms with Crippen molar-refractivity contribution < 1.29 is 9.32 Å². The number of likely N-dealkylation sites (tertiary alicyclic amines) is 1. The Hall–Kier alpha value is -2.15. The molecule has 1 amide bonds. The highest BCUT2D eigenvalue weighted by Gasteiger charge is 2.44. The van der Waals surface area contributed by atoms with Crippen molar-refractivity contribution in [2.24, 2.45) is 0 Å². The minimum Gasteiger partial charge on any atom is -0.360 e. The number of halogens is 1. The van der Waals surface area contributed by atoms with Gasteiger partial charge in [0.25, 0.3) is 5.56 Å². The number of H-pyrrole nitrogens is 1. The summed E-state index contributed by atoms with van der Waals surface area (Å²) in [5.74, 6) is 1.40. The number of nitrogens with one attached hydrogen (secondary N) is 1. The molecule has 4 rings (SSSR count). The van der Waals surface area contributed by atoms with Gasteiger partial charge in [0.1, 0.15) is 11.6 Å². The van der Waals surface area contributed by atoms with E-state index in [0.717, 1.165) is 36.9 Å². The fraction of sp³-hybridized carbons (Fsp3) is 0.556. The van der Waals surface area contributed by atoms with E-state index in [1.807, 2.05) is 11.8 Å². The minimum absolute atomic E-state index is 0.00593. The molecule has 0 saturated carbocycles. The SMILES string of the molecule is Cc1nc2c(c(=O)[nH]1)CCC21CCN(C(=O)CCc2cc(Cl)no2)CC1. The van der Waals surface area contributed by atoms with Crippen molar-refractivity contribution in [3.63, 3.8) is 0 Å². The first kappa shape index (κ1) is 17.3. The van der Waals surface area contributed by atoms with E-state index < -0.39 is 0 Å². The summed E-state index contributed by atoms with van der Waals surface area (Å²) in [5.41, 5.74) is 1.73. The summed E-state index contributed by atoms with van der Waals surface area (Å²) in [5, 5.41) is 3.93. The zero-order valence-electron chi connectivity index (χ0n) is 14.7. The lowest BCUT2D eigenvalue weighted by Crippen LogP contribution is -2.45. The van der Waals surface area contributed by atoms with Crippen LogP contribution in [-0.4, -0.2) is 39.0 Å². The second-order valence-corrected chi connectivity index (χ2v) is 7.64. The lowest BCUT2D eigenvalue weighted by atomic mass is 9.76. The van der Waals surface area contributed by atoms with E-state index in [1.165, 1.54) is 0 Å². The topological polar surface area (TPSA) is 92.1 Å². The Morgan fingerprint density at radius 1 is 1.38 bits per heavy atom. The molecule has 0 unspecified atom stereocenters. The van der Waals surface area contributed by atoms with E-state index in [4.69, 9.17) is 16.1 Å². The fourth-order valence-electron chi connectivity index (χ4n) is 4.23. The number of carbonyl (C=O) groups excluding carboxylic acids is 1. The number of aromatic amines is 1. The molecule has 1 saturated heterocycles. The number of fused-ring (bicyclic) bond motifs is 2. The Morgan fingerprint density at radius 3 is 2.85 bits per heavy atom. The zero-order valence-corrected chi connectivity index (χ0v) is 15.4. The zero-order chi connectivity index (χ0) is 18.3. The fourth-order valence-corrected chi connectivity index (χ4v) is 4.38. The number of aryl methyl sites for hydroxylation is 2. The van der Waals surface area contributed by atoms with Crippen LogP contribution in [0.2, 0.25) is 5.15 Å². The normalized spacial score (nSPS) is 18.3. The van der Waals surface area contributed by atoms with Crippen molar-refractivity contribution in [1.29, 1.82) is 0 Å². The van der Waals surface area contributed by atoms with Crippen molar-refractivity contribution in [2.75, 3.05) is 13.1 Å². The molecule has 2 aromatic heterocycles. The third kappa shape index (κ3) is 3.05. The highest BCUT2D eigenvalue weighted by Crippen LogP contribution is 2.44. The van der Waals surface area contributed by atoms with Gasteiger partial charge in [-0.3, -0.25) is 9.59 Å². The van der Waals surface area contributed by atoms with E-state index in [1.54, 1.807) is 6.07 Å². The maximum absolute atomic E-state index is 12.5. The molecule has 1 aliphatic carbocycles. The van der Waals surface area contributed by atoms with Gasteiger partial charge in [-0.25, -0.2) is 4.98 Å². The lowest BCUT2D eigenvalue weighted by Gasteiger charge is -2.39. The Labute approximate surface area is 155 Å². The molecule has 7 nitrogen and oxygen atoms in total. The van der Waals surface area contributed by atoms with Crippen LogP contribution in [0.4, 0.5) is 0 Å². The maximum atomic E-state index is 12.5. The molecule has 0 radical (unpaired) electrons. The summed E-state index contributed by atoms with van der Waals surface area (Å²) in [4.78, 5) is 34.0. The van der Waals surface area contributed by atoms with Crippen LogP contribution in [0.5, 0.6) is 0 Å². The van der Waals surface area contributed by atoms with Crippen LogP contribution >= 0.6 is 11.6 Å². The molecule has 1 fully saturated rings. The molecule has 2 aromatic rings. The molecule has 0 aromatic carbocycles. The van der Waals surface area contributed by atoms with Gasteiger partial charge in [-0.05, 0) is 32.6 Å². The molecule has 138 valence electrons. The molecule has 26 heavy (non-hydrogen) atoms. The molecular weight excluding hydrogens is 356 g/mol. The first-order valence-corrected chi connectivity index (χ1v) is 9.34. The quantitative estimate of drug-likeness (QED) is 0.886. The predicted octanol–water partition coefficient (Wildman–Crippen LogP) is 2.16. The van der Waals surface area contributed by atoms with E-state index >= 15 is 0 Å². The highest BCUT2D eigenvalue weighted by molar-refractivity contribution is 6.29. The monoisotopic (exact) mass is 376 g/mol. The van der Waals surface area contributed by atoms with Gasteiger partial charge < -0.3 is 14.4 Å². The van der Waals surface area contributed by atoms with Crippen LogP contribution in [0.3, 0.4) is 0 Å². The second kappa shape index (κ2) is 6.54. The van der Waals surface area contributed by atoms with Crippen LogP contribution in [0.25, 0.3) is 0 Å². The van der Waals surface area contributed by atoms with Gasteiger partial charge >= 0.3 is 0 Å². The smallest absolute Gasteiger partial charge is 0.254 e.